The van der Waals surface area contributed by atoms with Crippen LogP contribution in [-0.4, -0.2) is 48.7 Å². The summed E-state index contributed by atoms with van der Waals surface area (Å²) in [7, 11) is 1.14. The number of nitrogens with zero attached hydrogens (tertiary/aromatic N) is 1. The summed E-state index contributed by atoms with van der Waals surface area (Å²) in [4.78, 5) is 24.5. The van der Waals surface area contributed by atoms with Crippen molar-refractivity contribution in [2.45, 2.75) is 45.6 Å². The second-order valence-corrected chi connectivity index (χ2v) is 6.42. The fraction of sp³-hybridized carbons (Fsp3) is 0.846. The van der Waals surface area contributed by atoms with Crippen LogP contribution < -0.4 is 0 Å². The zero-order valence-electron chi connectivity index (χ0n) is 12.5. The van der Waals surface area contributed by atoms with Gasteiger partial charge in [-0.2, -0.15) is 0 Å². The van der Waals surface area contributed by atoms with Gasteiger partial charge in [-0.1, -0.05) is 0 Å². The smallest absolute Gasteiger partial charge is 0.410 e. The number of alkyl halides is 2. The number of carbonyl (C=O) groups excluding carboxylic acids is 2. The van der Waals surface area contributed by atoms with Gasteiger partial charge in [-0.15, -0.1) is 0 Å². The molecule has 116 valence electrons. The van der Waals surface area contributed by atoms with E-state index in [1.54, 1.807) is 20.8 Å². The lowest BCUT2D eigenvalue weighted by atomic mass is 9.80. The molecule has 0 bridgehead atoms. The van der Waals surface area contributed by atoms with Gasteiger partial charge in [0, 0.05) is 13.0 Å². The Morgan fingerprint density at radius 1 is 1.20 bits per heavy atom. The minimum atomic E-state index is -3.15. The number of amides is 1. The van der Waals surface area contributed by atoms with E-state index in [4.69, 9.17) is 4.74 Å². The Hall–Kier alpha value is -1.40. The van der Waals surface area contributed by atoms with Crippen molar-refractivity contribution in [2.24, 2.45) is 5.41 Å². The molecule has 1 unspecified atom stereocenters. The molecule has 1 rings (SSSR count). The molecule has 1 saturated heterocycles. The summed E-state index contributed by atoms with van der Waals surface area (Å²) >= 11 is 0. The molecule has 1 amide bonds. The van der Waals surface area contributed by atoms with E-state index in [-0.39, 0.29) is 6.54 Å². The highest BCUT2D eigenvalue weighted by Crippen LogP contribution is 2.39. The quantitative estimate of drug-likeness (QED) is 0.697. The van der Waals surface area contributed by atoms with Gasteiger partial charge >= 0.3 is 12.1 Å². The molecule has 1 fully saturated rings. The molecule has 0 radical (unpaired) electrons. The monoisotopic (exact) mass is 293 g/mol. The Morgan fingerprint density at radius 3 is 2.20 bits per heavy atom. The fourth-order valence-corrected chi connectivity index (χ4v) is 2.28. The van der Waals surface area contributed by atoms with E-state index in [1.165, 1.54) is 6.92 Å². The number of likely N-dealkylation sites (tertiary alicyclic amines) is 1. The van der Waals surface area contributed by atoms with Crippen LogP contribution in [0.4, 0.5) is 13.6 Å². The predicted molar refractivity (Wildman–Crippen MR) is 67.5 cm³/mol. The van der Waals surface area contributed by atoms with Gasteiger partial charge in [0.25, 0.3) is 5.92 Å². The third kappa shape index (κ3) is 4.05. The Labute approximate surface area is 117 Å². The first-order valence-corrected chi connectivity index (χ1v) is 6.33. The number of esters is 1. The lowest BCUT2D eigenvalue weighted by Crippen LogP contribution is -2.57. The molecule has 5 nitrogen and oxygen atoms in total. The highest BCUT2D eigenvalue weighted by molar-refractivity contribution is 5.78. The highest BCUT2D eigenvalue weighted by atomic mass is 19.3. The van der Waals surface area contributed by atoms with Gasteiger partial charge in [-0.05, 0) is 27.7 Å². The van der Waals surface area contributed by atoms with Crippen molar-refractivity contribution in [3.05, 3.63) is 0 Å². The minimum absolute atomic E-state index is 0.149. The number of rotatable bonds is 1. The van der Waals surface area contributed by atoms with Crippen molar-refractivity contribution in [1.82, 2.24) is 4.90 Å². The van der Waals surface area contributed by atoms with Gasteiger partial charge in [0.1, 0.15) is 5.60 Å². The lowest BCUT2D eigenvalue weighted by molar-refractivity contribution is -0.168. The van der Waals surface area contributed by atoms with Crippen LogP contribution in [-0.2, 0) is 14.3 Å². The molecule has 0 aromatic heterocycles. The van der Waals surface area contributed by atoms with Crippen molar-refractivity contribution < 1.29 is 27.8 Å². The van der Waals surface area contributed by atoms with E-state index >= 15 is 0 Å². The zero-order valence-corrected chi connectivity index (χ0v) is 12.5. The number of ether oxygens (including phenoxy) is 2. The van der Waals surface area contributed by atoms with Crippen LogP contribution in [0.25, 0.3) is 0 Å². The second-order valence-electron chi connectivity index (χ2n) is 6.42. The molecular weight excluding hydrogens is 272 g/mol. The summed E-state index contributed by atoms with van der Waals surface area (Å²) in [6.45, 7) is 5.40. The molecule has 20 heavy (non-hydrogen) atoms. The van der Waals surface area contributed by atoms with Crippen LogP contribution in [0.2, 0.25) is 0 Å². The first kappa shape index (κ1) is 16.7. The molecule has 1 atom stereocenters. The maximum absolute atomic E-state index is 13.8. The van der Waals surface area contributed by atoms with E-state index in [9.17, 15) is 18.4 Å². The van der Waals surface area contributed by atoms with E-state index in [2.05, 4.69) is 4.74 Å². The Bertz CT molecular complexity index is 406. The van der Waals surface area contributed by atoms with Gasteiger partial charge in [0.2, 0.25) is 0 Å². The highest BCUT2D eigenvalue weighted by Gasteiger charge is 2.52. The Morgan fingerprint density at radius 2 is 1.75 bits per heavy atom. The van der Waals surface area contributed by atoms with E-state index in [1.807, 2.05) is 0 Å². The summed E-state index contributed by atoms with van der Waals surface area (Å²) in [6, 6.07) is 0. The number of hydrogen-bond acceptors (Lipinski definition) is 4. The first-order chi connectivity index (χ1) is 8.88. The molecule has 7 heteroatoms. The van der Waals surface area contributed by atoms with Gasteiger partial charge in [-0.25, -0.2) is 13.6 Å². The van der Waals surface area contributed by atoms with Crippen molar-refractivity contribution in [3.63, 3.8) is 0 Å². The lowest BCUT2D eigenvalue weighted by Gasteiger charge is -2.42. The van der Waals surface area contributed by atoms with Crippen LogP contribution in [0.3, 0.4) is 0 Å². The standard InChI is InChI=1S/C13H21F2NO4/c1-11(2,3)20-10(18)16-7-12(4,9(17)19-5)6-13(14,15)8-16/h6-8H2,1-5H3. The molecule has 0 saturated carbocycles. The minimum Gasteiger partial charge on any atom is -0.469 e. The molecule has 1 aliphatic heterocycles. The molecule has 0 N–H and O–H groups in total. The molecule has 1 aliphatic rings. The number of halogens is 2. The van der Waals surface area contributed by atoms with Gasteiger partial charge in [0.15, 0.2) is 0 Å². The summed E-state index contributed by atoms with van der Waals surface area (Å²) in [5.74, 6) is -3.91. The number of carbonyl (C=O) groups is 2. The van der Waals surface area contributed by atoms with Crippen molar-refractivity contribution >= 4 is 12.1 Å². The van der Waals surface area contributed by atoms with Crippen molar-refractivity contribution in [3.8, 4) is 0 Å². The fourth-order valence-electron chi connectivity index (χ4n) is 2.28. The summed E-state index contributed by atoms with van der Waals surface area (Å²) < 4.78 is 37.2. The van der Waals surface area contributed by atoms with E-state index in [0.717, 1.165) is 12.0 Å². The van der Waals surface area contributed by atoms with Gasteiger partial charge in [0.05, 0.1) is 19.1 Å². The average molecular weight is 293 g/mol. The molecule has 1 heterocycles. The van der Waals surface area contributed by atoms with Gasteiger partial charge in [-0.3, -0.25) is 4.79 Å². The molecule has 0 aliphatic carbocycles. The molecular formula is C13H21F2NO4. The molecule has 0 aromatic rings. The maximum Gasteiger partial charge on any atom is 0.410 e. The largest absolute Gasteiger partial charge is 0.469 e. The Kier molecular flexibility index (Phi) is 4.31. The zero-order chi connectivity index (χ0) is 15.8. The van der Waals surface area contributed by atoms with Crippen molar-refractivity contribution in [1.29, 1.82) is 0 Å². The van der Waals surface area contributed by atoms with Gasteiger partial charge < -0.3 is 14.4 Å². The maximum atomic E-state index is 13.8. The third-order valence-corrected chi connectivity index (χ3v) is 2.94. The second kappa shape index (κ2) is 5.18. The number of methoxy groups -OCH3 is 1. The summed E-state index contributed by atoms with van der Waals surface area (Å²) in [6.07, 6.45) is -1.50. The first-order valence-electron chi connectivity index (χ1n) is 6.33. The van der Waals surface area contributed by atoms with Crippen LogP contribution in [0.15, 0.2) is 0 Å². The van der Waals surface area contributed by atoms with Crippen LogP contribution in [0.1, 0.15) is 34.1 Å². The number of hydrogen-bond donors (Lipinski definition) is 0. The topological polar surface area (TPSA) is 55.8 Å². The predicted octanol–water partition coefficient (Wildman–Crippen LogP) is 2.44. The SMILES string of the molecule is COC(=O)C1(C)CN(C(=O)OC(C)(C)C)CC(F)(F)C1. The van der Waals surface area contributed by atoms with E-state index in [0.29, 0.717) is 0 Å². The van der Waals surface area contributed by atoms with Crippen molar-refractivity contribution in [2.75, 3.05) is 20.2 Å². The Balaban J connectivity index is 2.93. The molecule has 0 aromatic carbocycles. The van der Waals surface area contributed by atoms with Crippen LogP contribution >= 0.6 is 0 Å². The third-order valence-electron chi connectivity index (χ3n) is 2.94. The van der Waals surface area contributed by atoms with E-state index < -0.39 is 42.0 Å². The van der Waals surface area contributed by atoms with Crippen LogP contribution in [0, 0.1) is 5.41 Å². The molecule has 0 spiro atoms. The summed E-state index contributed by atoms with van der Waals surface area (Å²) in [5.41, 5.74) is -2.22. The number of piperidine rings is 1. The normalized spacial score (nSPS) is 26.1. The average Bonchev–Trinajstić information content (AvgIpc) is 2.22. The summed E-state index contributed by atoms with van der Waals surface area (Å²) in [5, 5.41) is 0. The van der Waals surface area contributed by atoms with Crippen LogP contribution in [0.5, 0.6) is 0 Å².